The molecular formula is C14H10ClN3O2S. The quantitative estimate of drug-likeness (QED) is 0.569. The molecule has 0 aliphatic heterocycles. The highest BCUT2D eigenvalue weighted by molar-refractivity contribution is 7.16. The summed E-state index contributed by atoms with van der Waals surface area (Å²) in [5.74, 6) is 0.723. The average Bonchev–Trinajstić information content (AvgIpc) is 2.90. The van der Waals surface area contributed by atoms with Crippen molar-refractivity contribution >= 4 is 45.3 Å². The Morgan fingerprint density at radius 2 is 2.10 bits per heavy atom. The van der Waals surface area contributed by atoms with Gasteiger partial charge in [0.25, 0.3) is 5.69 Å². The smallest absolute Gasteiger partial charge is 0.270 e. The molecule has 5 nitrogen and oxygen atoms in total. The molecule has 0 unspecified atom stereocenters. The number of anilines is 1. The number of halogens is 1. The molecule has 3 aromatic rings. The van der Waals surface area contributed by atoms with E-state index < -0.39 is 4.92 Å². The summed E-state index contributed by atoms with van der Waals surface area (Å²) >= 11 is 7.40. The molecule has 7 heteroatoms. The Morgan fingerprint density at radius 3 is 2.81 bits per heavy atom. The third kappa shape index (κ3) is 3.12. The van der Waals surface area contributed by atoms with Crippen molar-refractivity contribution in [3.63, 3.8) is 0 Å². The molecule has 1 aromatic carbocycles. The lowest BCUT2D eigenvalue weighted by Crippen LogP contribution is -1.99. The monoisotopic (exact) mass is 319 g/mol. The van der Waals surface area contributed by atoms with Crippen LogP contribution in [0.25, 0.3) is 10.9 Å². The number of nitro benzene ring substituents is 1. The Bertz CT molecular complexity index is 819. The number of nitrogens with one attached hydrogen (secondary N) is 1. The Balaban J connectivity index is 1.80. The minimum absolute atomic E-state index is 0.0678. The summed E-state index contributed by atoms with van der Waals surface area (Å²) in [6.07, 6.45) is 0. The van der Waals surface area contributed by atoms with Gasteiger partial charge in [0, 0.05) is 22.4 Å². The van der Waals surface area contributed by atoms with Crippen LogP contribution in [0.15, 0.2) is 42.5 Å². The Labute approximate surface area is 129 Å². The van der Waals surface area contributed by atoms with Crippen molar-refractivity contribution in [1.29, 1.82) is 0 Å². The molecule has 0 saturated carbocycles. The molecule has 0 spiro atoms. The van der Waals surface area contributed by atoms with Crippen molar-refractivity contribution in [3.8, 4) is 0 Å². The van der Waals surface area contributed by atoms with Crippen LogP contribution in [0.2, 0.25) is 4.34 Å². The van der Waals surface area contributed by atoms with Crippen molar-refractivity contribution in [2.24, 2.45) is 0 Å². The molecule has 3 rings (SSSR count). The number of nitrogens with zero attached hydrogens (tertiary/aromatic N) is 2. The summed E-state index contributed by atoms with van der Waals surface area (Å²) in [4.78, 5) is 15.9. The highest BCUT2D eigenvalue weighted by Gasteiger charge is 2.07. The Kier molecular flexibility index (Phi) is 3.72. The number of hydrogen-bond acceptors (Lipinski definition) is 5. The van der Waals surface area contributed by atoms with Crippen LogP contribution >= 0.6 is 22.9 Å². The van der Waals surface area contributed by atoms with Gasteiger partial charge in [-0.15, -0.1) is 11.3 Å². The Morgan fingerprint density at radius 1 is 1.24 bits per heavy atom. The van der Waals surface area contributed by atoms with Crippen LogP contribution in [-0.2, 0) is 6.54 Å². The van der Waals surface area contributed by atoms with Crippen LogP contribution < -0.4 is 5.32 Å². The maximum atomic E-state index is 10.7. The van der Waals surface area contributed by atoms with Gasteiger partial charge in [-0.2, -0.15) is 0 Å². The topological polar surface area (TPSA) is 68.1 Å². The lowest BCUT2D eigenvalue weighted by Gasteiger charge is -2.05. The zero-order chi connectivity index (χ0) is 14.8. The molecular weight excluding hydrogens is 310 g/mol. The lowest BCUT2D eigenvalue weighted by atomic mass is 10.2. The molecule has 0 bridgehead atoms. The highest BCUT2D eigenvalue weighted by atomic mass is 35.5. The molecule has 0 radical (unpaired) electrons. The molecule has 0 fully saturated rings. The van der Waals surface area contributed by atoms with E-state index in [-0.39, 0.29) is 5.69 Å². The van der Waals surface area contributed by atoms with E-state index in [1.54, 1.807) is 12.1 Å². The largest absolute Gasteiger partial charge is 0.365 e. The second kappa shape index (κ2) is 5.67. The van der Waals surface area contributed by atoms with Crippen LogP contribution in [-0.4, -0.2) is 9.91 Å². The van der Waals surface area contributed by atoms with E-state index in [1.165, 1.54) is 23.5 Å². The van der Waals surface area contributed by atoms with E-state index in [2.05, 4.69) is 10.3 Å². The summed E-state index contributed by atoms with van der Waals surface area (Å²) in [7, 11) is 0. The summed E-state index contributed by atoms with van der Waals surface area (Å²) < 4.78 is 0.755. The number of aromatic nitrogens is 1. The van der Waals surface area contributed by atoms with Gasteiger partial charge in [-0.25, -0.2) is 4.98 Å². The van der Waals surface area contributed by atoms with E-state index in [0.717, 1.165) is 25.9 Å². The molecule has 0 aliphatic carbocycles. The lowest BCUT2D eigenvalue weighted by molar-refractivity contribution is -0.384. The summed E-state index contributed by atoms with van der Waals surface area (Å²) in [6, 6.07) is 12.1. The summed E-state index contributed by atoms with van der Waals surface area (Å²) in [5.41, 5.74) is 0.785. The van der Waals surface area contributed by atoms with Crippen LogP contribution in [0.5, 0.6) is 0 Å². The number of thiophene rings is 1. The van der Waals surface area contributed by atoms with E-state index >= 15 is 0 Å². The first-order valence-electron chi connectivity index (χ1n) is 6.15. The Hall–Kier alpha value is -2.18. The van der Waals surface area contributed by atoms with E-state index in [1.807, 2.05) is 18.2 Å². The van der Waals surface area contributed by atoms with E-state index in [4.69, 9.17) is 11.6 Å². The fraction of sp³-hybridized carbons (Fsp3) is 0.0714. The first-order valence-corrected chi connectivity index (χ1v) is 7.34. The van der Waals surface area contributed by atoms with Crippen molar-refractivity contribution in [2.75, 3.05) is 5.32 Å². The minimum atomic E-state index is -0.411. The molecule has 1 N–H and O–H groups in total. The number of hydrogen-bond donors (Lipinski definition) is 1. The molecule has 2 aromatic heterocycles. The minimum Gasteiger partial charge on any atom is -0.365 e. The molecule has 2 heterocycles. The van der Waals surface area contributed by atoms with Crippen molar-refractivity contribution in [1.82, 2.24) is 4.98 Å². The van der Waals surface area contributed by atoms with Gasteiger partial charge in [0.2, 0.25) is 0 Å². The molecule has 0 amide bonds. The van der Waals surface area contributed by atoms with Gasteiger partial charge in [-0.3, -0.25) is 10.1 Å². The van der Waals surface area contributed by atoms with Gasteiger partial charge in [-0.05, 0) is 30.3 Å². The predicted octanol–water partition coefficient (Wildman–Crippen LogP) is 4.47. The second-order valence-electron chi connectivity index (χ2n) is 4.39. The summed E-state index contributed by atoms with van der Waals surface area (Å²) in [6.45, 7) is 0.642. The standard InChI is InChI=1S/C14H10ClN3O2S/c15-13-5-3-11(21-13)8-16-14-6-1-9-7-10(18(19)20)2-4-12(9)17-14/h1-7H,8H2,(H,16,17). The maximum absolute atomic E-state index is 10.7. The van der Waals surface area contributed by atoms with Crippen LogP contribution in [0.1, 0.15) is 4.88 Å². The molecule has 21 heavy (non-hydrogen) atoms. The van der Waals surface area contributed by atoms with Crippen molar-refractivity contribution in [3.05, 3.63) is 61.8 Å². The van der Waals surface area contributed by atoms with E-state index in [9.17, 15) is 10.1 Å². The van der Waals surface area contributed by atoms with Gasteiger partial charge < -0.3 is 5.32 Å². The number of fused-ring (bicyclic) bond motifs is 1. The van der Waals surface area contributed by atoms with Gasteiger partial charge >= 0.3 is 0 Å². The van der Waals surface area contributed by atoms with Crippen LogP contribution in [0.4, 0.5) is 11.5 Å². The van der Waals surface area contributed by atoms with E-state index in [0.29, 0.717) is 6.54 Å². The number of pyridine rings is 1. The SMILES string of the molecule is O=[N+]([O-])c1ccc2nc(NCc3ccc(Cl)s3)ccc2c1. The van der Waals surface area contributed by atoms with Crippen molar-refractivity contribution in [2.45, 2.75) is 6.54 Å². The first-order chi connectivity index (χ1) is 10.1. The molecule has 0 atom stereocenters. The first kappa shape index (κ1) is 13.8. The normalized spacial score (nSPS) is 10.7. The highest BCUT2D eigenvalue weighted by Crippen LogP contribution is 2.23. The third-order valence-electron chi connectivity index (χ3n) is 2.96. The zero-order valence-electron chi connectivity index (χ0n) is 10.7. The average molecular weight is 320 g/mol. The number of non-ortho nitro benzene ring substituents is 1. The third-order valence-corrected chi connectivity index (χ3v) is 4.19. The zero-order valence-corrected chi connectivity index (χ0v) is 12.3. The molecule has 0 saturated heterocycles. The van der Waals surface area contributed by atoms with Crippen LogP contribution in [0, 0.1) is 10.1 Å². The van der Waals surface area contributed by atoms with Gasteiger partial charge in [0.15, 0.2) is 0 Å². The van der Waals surface area contributed by atoms with Gasteiger partial charge in [0.1, 0.15) is 5.82 Å². The number of rotatable bonds is 4. The number of benzene rings is 1. The predicted molar refractivity (Wildman–Crippen MR) is 85.1 cm³/mol. The second-order valence-corrected chi connectivity index (χ2v) is 6.19. The fourth-order valence-corrected chi connectivity index (χ4v) is 2.98. The molecule has 0 aliphatic rings. The van der Waals surface area contributed by atoms with Gasteiger partial charge in [-0.1, -0.05) is 11.6 Å². The van der Waals surface area contributed by atoms with Gasteiger partial charge in [0.05, 0.1) is 21.3 Å². The van der Waals surface area contributed by atoms with Crippen molar-refractivity contribution < 1.29 is 4.92 Å². The number of nitro groups is 1. The molecule has 106 valence electrons. The fourth-order valence-electron chi connectivity index (χ4n) is 1.95. The van der Waals surface area contributed by atoms with Crippen LogP contribution in [0.3, 0.4) is 0 Å². The summed E-state index contributed by atoms with van der Waals surface area (Å²) in [5, 5.41) is 14.7. The maximum Gasteiger partial charge on any atom is 0.270 e.